The summed E-state index contributed by atoms with van der Waals surface area (Å²) >= 11 is 6.14. The van der Waals surface area contributed by atoms with Crippen LogP contribution in [0, 0.1) is 0 Å². The van der Waals surface area contributed by atoms with Crippen LogP contribution in [-0.2, 0) is 32.6 Å². The third kappa shape index (κ3) is 9.72. The Hall–Kier alpha value is -3.56. The quantitative estimate of drug-likeness (QED) is 0.234. The highest BCUT2D eigenvalue weighted by Gasteiger charge is 2.32. The third-order valence-corrected chi connectivity index (χ3v) is 9.39. The van der Waals surface area contributed by atoms with E-state index in [2.05, 4.69) is 5.32 Å². The number of hydrogen-bond acceptors (Lipinski definition) is 5. The fourth-order valence-corrected chi connectivity index (χ4v) is 6.84. The van der Waals surface area contributed by atoms with Crippen molar-refractivity contribution in [3.8, 4) is 5.75 Å². The number of nitrogens with zero attached hydrogens (tertiary/aromatic N) is 2. The van der Waals surface area contributed by atoms with Gasteiger partial charge in [-0.05, 0) is 60.7 Å². The van der Waals surface area contributed by atoms with Crippen LogP contribution in [0.3, 0.4) is 0 Å². The van der Waals surface area contributed by atoms with Crippen LogP contribution < -0.4 is 14.4 Å². The Morgan fingerprint density at radius 3 is 2.34 bits per heavy atom. The molecule has 8 nitrogen and oxygen atoms in total. The van der Waals surface area contributed by atoms with Crippen LogP contribution >= 0.6 is 11.6 Å². The van der Waals surface area contributed by atoms with E-state index in [0.717, 1.165) is 43.1 Å². The molecule has 1 unspecified atom stereocenters. The van der Waals surface area contributed by atoms with Gasteiger partial charge in [-0.15, -0.1) is 0 Å². The van der Waals surface area contributed by atoms with Gasteiger partial charge < -0.3 is 15.0 Å². The third-order valence-electron chi connectivity index (χ3n) is 7.96. The molecule has 10 heteroatoms. The first kappa shape index (κ1) is 33.3. The Bertz CT molecular complexity index is 1500. The molecule has 0 spiro atoms. The number of sulfonamides is 1. The smallest absolute Gasteiger partial charge is 0.243 e. The van der Waals surface area contributed by atoms with Crippen molar-refractivity contribution in [3.63, 3.8) is 0 Å². The summed E-state index contributed by atoms with van der Waals surface area (Å²) in [6, 6.07) is 23.1. The van der Waals surface area contributed by atoms with Gasteiger partial charge in [-0.2, -0.15) is 0 Å². The highest BCUT2D eigenvalue weighted by Crippen LogP contribution is 2.24. The van der Waals surface area contributed by atoms with E-state index in [1.54, 1.807) is 36.3 Å². The first-order valence-electron chi connectivity index (χ1n) is 15.1. The number of nitrogens with one attached hydrogen (secondary N) is 1. The second-order valence-electron chi connectivity index (χ2n) is 11.3. The lowest BCUT2D eigenvalue weighted by atomic mass is 9.94. The van der Waals surface area contributed by atoms with E-state index >= 15 is 0 Å². The van der Waals surface area contributed by atoms with Gasteiger partial charge in [-0.1, -0.05) is 79.4 Å². The average molecular weight is 640 g/mol. The molecule has 0 aromatic heterocycles. The van der Waals surface area contributed by atoms with Crippen LogP contribution in [0.15, 0.2) is 78.9 Å². The molecule has 4 rings (SSSR count). The zero-order valence-electron chi connectivity index (χ0n) is 25.5. The van der Waals surface area contributed by atoms with Crippen molar-refractivity contribution >= 4 is 39.1 Å². The van der Waals surface area contributed by atoms with Gasteiger partial charge in [-0.3, -0.25) is 13.9 Å². The minimum atomic E-state index is -3.62. The molecule has 1 fully saturated rings. The standard InChI is InChI=1S/C34H42ClN3O5S/c1-43-31-19-9-14-27(22-31)25-37(33(39)20-11-21-38(44(2,41)42)30-18-10-15-28(35)24-30)32(23-26-12-5-3-6-13-26)34(40)36-29-16-7-4-8-17-29/h3,5-6,9-10,12-15,18-19,22,24,29,32H,4,7-8,11,16-17,20-21,23,25H2,1-2H3,(H,36,40). The number of rotatable bonds is 14. The molecule has 1 aliphatic carbocycles. The van der Waals surface area contributed by atoms with Gasteiger partial charge in [-0.25, -0.2) is 8.42 Å². The molecule has 1 atom stereocenters. The summed E-state index contributed by atoms with van der Waals surface area (Å²) in [5.74, 6) is 0.257. The molecule has 44 heavy (non-hydrogen) atoms. The van der Waals surface area contributed by atoms with Gasteiger partial charge in [0, 0.05) is 37.0 Å². The molecule has 3 aromatic rings. The Balaban J connectivity index is 1.60. The fourth-order valence-electron chi connectivity index (χ4n) is 5.70. The second-order valence-corrected chi connectivity index (χ2v) is 13.7. The Labute approximate surface area is 266 Å². The maximum atomic E-state index is 14.1. The number of carbonyl (C=O) groups is 2. The van der Waals surface area contributed by atoms with Crippen LogP contribution in [0.4, 0.5) is 5.69 Å². The van der Waals surface area contributed by atoms with E-state index < -0.39 is 16.1 Å². The number of methoxy groups -OCH3 is 1. The van der Waals surface area contributed by atoms with E-state index in [1.165, 1.54) is 10.7 Å². The summed E-state index contributed by atoms with van der Waals surface area (Å²) in [6.45, 7) is 0.297. The van der Waals surface area contributed by atoms with E-state index in [-0.39, 0.29) is 43.8 Å². The Kier molecular flexibility index (Phi) is 12.1. The van der Waals surface area contributed by atoms with Gasteiger partial charge in [0.15, 0.2) is 0 Å². The van der Waals surface area contributed by atoms with E-state index in [0.29, 0.717) is 22.9 Å². The van der Waals surface area contributed by atoms with Crippen molar-refractivity contribution in [3.05, 3.63) is 95.0 Å². The minimum absolute atomic E-state index is 0.0541. The maximum Gasteiger partial charge on any atom is 0.243 e. The zero-order valence-corrected chi connectivity index (χ0v) is 27.0. The lowest BCUT2D eigenvalue weighted by Crippen LogP contribution is -2.52. The average Bonchev–Trinajstić information content (AvgIpc) is 3.01. The molecule has 0 bridgehead atoms. The molecule has 0 aliphatic heterocycles. The second kappa shape index (κ2) is 16.0. The lowest BCUT2D eigenvalue weighted by Gasteiger charge is -2.34. The van der Waals surface area contributed by atoms with Crippen molar-refractivity contribution in [2.45, 2.75) is 70.0 Å². The van der Waals surface area contributed by atoms with Crippen molar-refractivity contribution in [2.24, 2.45) is 0 Å². The minimum Gasteiger partial charge on any atom is -0.497 e. The number of anilines is 1. The number of hydrogen-bond donors (Lipinski definition) is 1. The Morgan fingerprint density at radius 1 is 0.955 bits per heavy atom. The molecule has 2 amide bonds. The predicted molar refractivity (Wildman–Crippen MR) is 175 cm³/mol. The lowest BCUT2D eigenvalue weighted by molar-refractivity contribution is -0.141. The van der Waals surface area contributed by atoms with Crippen LogP contribution in [0.5, 0.6) is 5.75 Å². The van der Waals surface area contributed by atoms with Crippen LogP contribution in [-0.4, -0.2) is 57.1 Å². The number of carbonyl (C=O) groups excluding carboxylic acids is 2. The summed E-state index contributed by atoms with van der Waals surface area (Å²) in [6.07, 6.45) is 6.97. The number of amides is 2. The normalized spacial score (nSPS) is 14.4. The molecular formula is C34H42ClN3O5S. The molecule has 0 saturated heterocycles. The van der Waals surface area contributed by atoms with Crippen LogP contribution in [0.25, 0.3) is 0 Å². The van der Waals surface area contributed by atoms with Crippen molar-refractivity contribution in [1.29, 1.82) is 0 Å². The predicted octanol–water partition coefficient (Wildman–Crippen LogP) is 5.98. The number of ether oxygens (including phenoxy) is 1. The fraction of sp³-hybridized carbons (Fsp3) is 0.412. The summed E-state index contributed by atoms with van der Waals surface area (Å²) in [7, 11) is -2.04. The topological polar surface area (TPSA) is 96.0 Å². The van der Waals surface area contributed by atoms with E-state index in [9.17, 15) is 18.0 Å². The first-order chi connectivity index (χ1) is 21.1. The van der Waals surface area contributed by atoms with Gasteiger partial charge in [0.2, 0.25) is 21.8 Å². The Morgan fingerprint density at radius 2 is 1.66 bits per heavy atom. The molecule has 1 aliphatic rings. The number of halogens is 1. The summed E-state index contributed by atoms with van der Waals surface area (Å²) in [5, 5.41) is 3.67. The maximum absolute atomic E-state index is 14.1. The van der Waals surface area contributed by atoms with Gasteiger partial charge in [0.05, 0.1) is 19.1 Å². The largest absolute Gasteiger partial charge is 0.497 e. The van der Waals surface area contributed by atoms with Crippen molar-refractivity contribution < 1.29 is 22.7 Å². The summed E-state index contributed by atoms with van der Waals surface area (Å²) in [4.78, 5) is 29.7. The monoisotopic (exact) mass is 639 g/mol. The van der Waals surface area contributed by atoms with Crippen LogP contribution in [0.2, 0.25) is 5.02 Å². The van der Waals surface area contributed by atoms with Gasteiger partial charge in [0.1, 0.15) is 11.8 Å². The number of benzene rings is 3. The van der Waals surface area contributed by atoms with Crippen LogP contribution in [0.1, 0.15) is 56.1 Å². The molecule has 0 heterocycles. The van der Waals surface area contributed by atoms with Crippen molar-refractivity contribution in [1.82, 2.24) is 10.2 Å². The van der Waals surface area contributed by atoms with Gasteiger partial charge in [0.25, 0.3) is 0 Å². The molecule has 236 valence electrons. The molecule has 1 N–H and O–H groups in total. The van der Waals surface area contributed by atoms with Gasteiger partial charge >= 0.3 is 0 Å². The summed E-state index contributed by atoms with van der Waals surface area (Å²) < 4.78 is 32.0. The molecule has 1 saturated carbocycles. The molecule has 0 radical (unpaired) electrons. The molecular weight excluding hydrogens is 598 g/mol. The zero-order chi connectivity index (χ0) is 31.5. The highest BCUT2D eigenvalue weighted by molar-refractivity contribution is 7.92. The highest BCUT2D eigenvalue weighted by atomic mass is 35.5. The first-order valence-corrected chi connectivity index (χ1v) is 17.4. The van der Waals surface area contributed by atoms with E-state index in [4.69, 9.17) is 16.3 Å². The van der Waals surface area contributed by atoms with Crippen molar-refractivity contribution in [2.75, 3.05) is 24.2 Å². The molecule has 3 aromatic carbocycles. The summed E-state index contributed by atoms with van der Waals surface area (Å²) in [5.41, 5.74) is 2.22. The SMILES string of the molecule is COc1cccc(CN(C(=O)CCCN(c2cccc(Cl)c2)S(C)(=O)=O)C(Cc2ccccc2)C(=O)NC2CCCCC2)c1. The van der Waals surface area contributed by atoms with E-state index in [1.807, 2.05) is 54.6 Å².